The number of hydrogen-bond acceptors (Lipinski definition) is 4. The van der Waals surface area contributed by atoms with Gasteiger partial charge in [0.2, 0.25) is 0 Å². The molecule has 1 aliphatic rings. The molecule has 190 valence electrons. The second kappa shape index (κ2) is 11.5. The Hall–Kier alpha value is -4.82. The van der Waals surface area contributed by atoms with Gasteiger partial charge in [-0.3, -0.25) is 4.79 Å². The van der Waals surface area contributed by atoms with Crippen molar-refractivity contribution in [3.8, 4) is 0 Å². The van der Waals surface area contributed by atoms with Crippen molar-refractivity contribution in [3.63, 3.8) is 0 Å². The summed E-state index contributed by atoms with van der Waals surface area (Å²) in [5.74, 6) is 0.533. The minimum Gasteiger partial charge on any atom is -0.474 e. The fraction of sp³-hybridized carbons (Fsp3) is 0.152. The molecule has 0 unspecified atom stereocenters. The molecule has 0 saturated carbocycles. The highest BCUT2D eigenvalue weighted by atomic mass is 16.5. The third kappa shape index (κ3) is 6.11. The molecule has 0 aromatic heterocycles. The highest BCUT2D eigenvalue weighted by molar-refractivity contribution is 5.92. The molecule has 0 bridgehead atoms. The molecule has 5 nitrogen and oxygen atoms in total. The van der Waals surface area contributed by atoms with Crippen molar-refractivity contribution in [2.75, 3.05) is 12.0 Å². The quantitative estimate of drug-likeness (QED) is 0.193. The molecular weight excluding hydrogens is 472 g/mol. The van der Waals surface area contributed by atoms with Crippen molar-refractivity contribution in [3.05, 3.63) is 143 Å². The van der Waals surface area contributed by atoms with Gasteiger partial charge in [0.1, 0.15) is 11.5 Å². The predicted molar refractivity (Wildman–Crippen MR) is 153 cm³/mol. The lowest BCUT2D eigenvalue weighted by Crippen LogP contribution is -2.16. The Balaban J connectivity index is 1.64. The van der Waals surface area contributed by atoms with E-state index < -0.39 is 5.97 Å². The second-order valence-electron chi connectivity index (χ2n) is 9.75. The fourth-order valence-corrected chi connectivity index (χ4v) is 3.95. The van der Waals surface area contributed by atoms with E-state index in [0.29, 0.717) is 17.1 Å². The number of allylic oxidation sites excluding steroid dienone is 5. The van der Waals surface area contributed by atoms with E-state index in [1.165, 1.54) is 7.11 Å². The first kappa shape index (κ1) is 26.2. The van der Waals surface area contributed by atoms with Crippen LogP contribution in [-0.4, -0.2) is 13.1 Å². The molecule has 3 aromatic rings. The first-order valence-electron chi connectivity index (χ1n) is 12.3. The summed E-state index contributed by atoms with van der Waals surface area (Å²) < 4.78 is 10.9. The summed E-state index contributed by atoms with van der Waals surface area (Å²) in [4.78, 5) is 17.8. The molecule has 0 aliphatic carbocycles. The van der Waals surface area contributed by atoms with Crippen molar-refractivity contribution in [2.45, 2.75) is 20.8 Å². The van der Waals surface area contributed by atoms with E-state index in [1.54, 1.807) is 12.2 Å². The molecule has 1 heterocycles. The molecule has 0 radical (unpaired) electrons. The smallest absolute Gasteiger partial charge is 0.336 e. The van der Waals surface area contributed by atoms with Gasteiger partial charge in [0.05, 0.1) is 13.7 Å². The molecule has 0 spiro atoms. The van der Waals surface area contributed by atoms with Gasteiger partial charge in [0.25, 0.3) is 5.70 Å². The minimum absolute atomic E-state index is 0.0743. The number of hydrogen-bond donors (Lipinski definition) is 0. The van der Waals surface area contributed by atoms with Gasteiger partial charge in [0.15, 0.2) is 0 Å². The van der Waals surface area contributed by atoms with E-state index in [2.05, 4.69) is 46.1 Å². The van der Waals surface area contributed by atoms with Crippen LogP contribution in [0.25, 0.3) is 10.9 Å². The molecule has 5 heteroatoms. The fourth-order valence-electron chi connectivity index (χ4n) is 3.95. The Kier molecular flexibility index (Phi) is 7.94. The number of methoxy groups -OCH3 is 1. The number of nitrogens with zero attached hydrogens (tertiary/aromatic N) is 2. The number of carbonyl (C=O) groups excluding carboxylic acids is 1. The zero-order valence-electron chi connectivity index (χ0n) is 22.0. The van der Waals surface area contributed by atoms with Gasteiger partial charge >= 0.3 is 5.97 Å². The van der Waals surface area contributed by atoms with Crippen molar-refractivity contribution in [1.29, 1.82) is 0 Å². The first-order chi connectivity index (χ1) is 18.3. The SMILES string of the molecule is [C-]#[N+]/C(C(=O)OC)=C1C=C(/C=C/c2ccc(N(c3ccccc3)c3ccccc3)cc2)OC(C(C)(C)C)=C/1. The molecule has 1 aliphatic heterocycles. The van der Waals surface area contributed by atoms with E-state index in [9.17, 15) is 4.79 Å². The number of benzene rings is 3. The van der Waals surface area contributed by atoms with Gasteiger partial charge in [0, 0.05) is 22.5 Å². The summed E-state index contributed by atoms with van der Waals surface area (Å²) in [6.45, 7) is 13.5. The van der Waals surface area contributed by atoms with Gasteiger partial charge in [-0.2, -0.15) is 0 Å². The molecule has 4 rings (SSSR count). The average molecular weight is 503 g/mol. The summed E-state index contributed by atoms with van der Waals surface area (Å²) in [6.07, 6.45) is 7.22. The maximum Gasteiger partial charge on any atom is 0.336 e. The number of ether oxygens (including phenoxy) is 2. The summed E-state index contributed by atoms with van der Waals surface area (Å²) in [7, 11) is 1.27. The van der Waals surface area contributed by atoms with Crippen molar-refractivity contribution in [1.82, 2.24) is 0 Å². The lowest BCUT2D eigenvalue weighted by Gasteiger charge is -2.27. The van der Waals surface area contributed by atoms with Crippen LogP contribution < -0.4 is 4.90 Å². The van der Waals surface area contributed by atoms with Crippen LogP contribution in [0.1, 0.15) is 26.3 Å². The molecule has 0 atom stereocenters. The number of para-hydroxylation sites is 2. The topological polar surface area (TPSA) is 43.1 Å². The summed E-state index contributed by atoms with van der Waals surface area (Å²) in [5.41, 5.74) is 4.25. The largest absolute Gasteiger partial charge is 0.474 e. The monoisotopic (exact) mass is 502 g/mol. The van der Waals surface area contributed by atoms with Crippen molar-refractivity contribution >= 4 is 29.1 Å². The van der Waals surface area contributed by atoms with Gasteiger partial charge in [-0.1, -0.05) is 75.4 Å². The van der Waals surface area contributed by atoms with Crippen LogP contribution in [0.3, 0.4) is 0 Å². The Bertz CT molecular complexity index is 1410. The highest BCUT2D eigenvalue weighted by Gasteiger charge is 2.25. The maximum atomic E-state index is 12.2. The van der Waals surface area contributed by atoms with E-state index >= 15 is 0 Å². The zero-order chi connectivity index (χ0) is 27.1. The highest BCUT2D eigenvalue weighted by Crippen LogP contribution is 2.36. The summed E-state index contributed by atoms with van der Waals surface area (Å²) in [6, 6.07) is 28.7. The molecule has 38 heavy (non-hydrogen) atoms. The average Bonchev–Trinajstić information content (AvgIpc) is 2.93. The van der Waals surface area contributed by atoms with Crippen molar-refractivity contribution < 1.29 is 14.3 Å². The third-order valence-electron chi connectivity index (χ3n) is 5.94. The van der Waals surface area contributed by atoms with E-state index in [4.69, 9.17) is 16.0 Å². The van der Waals surface area contributed by atoms with Crippen LogP contribution in [0.2, 0.25) is 0 Å². The minimum atomic E-state index is -0.669. The molecule has 0 fully saturated rings. The second-order valence-corrected chi connectivity index (χ2v) is 9.75. The predicted octanol–water partition coefficient (Wildman–Crippen LogP) is 8.36. The normalized spacial score (nSPS) is 14.6. The Morgan fingerprint density at radius 1 is 0.842 bits per heavy atom. The van der Waals surface area contributed by atoms with Crippen LogP contribution in [-0.2, 0) is 14.3 Å². The molecular formula is C33H30N2O3. The molecule has 3 aromatic carbocycles. The zero-order valence-corrected chi connectivity index (χ0v) is 22.0. The maximum absolute atomic E-state index is 12.2. The Labute approximate surface area is 224 Å². The van der Waals surface area contributed by atoms with Crippen LogP contribution >= 0.6 is 0 Å². The molecule has 0 saturated heterocycles. The van der Waals surface area contributed by atoms with Crippen LogP contribution in [0.15, 0.2) is 126 Å². The standard InChI is InChI=1S/C33H30N2O3/c1-33(2,3)30-23-25(31(34-4)32(36)37-5)22-29(38-30)21-18-24-16-19-28(20-17-24)35(26-12-8-6-9-13-26)27-14-10-7-11-15-27/h6-23H,1-3,5H3/b21-18+,31-25-. The van der Waals surface area contributed by atoms with Crippen molar-refractivity contribution in [2.24, 2.45) is 5.41 Å². The lowest BCUT2D eigenvalue weighted by molar-refractivity contribution is -0.135. The van der Waals surface area contributed by atoms with Gasteiger partial charge in [-0.25, -0.2) is 4.85 Å². The van der Waals surface area contributed by atoms with Gasteiger partial charge in [-0.15, -0.1) is 0 Å². The Morgan fingerprint density at radius 2 is 1.39 bits per heavy atom. The van der Waals surface area contributed by atoms with Crippen LogP contribution in [0.5, 0.6) is 0 Å². The number of esters is 1. The van der Waals surface area contributed by atoms with Gasteiger partial charge in [-0.05, 0) is 65.8 Å². The van der Waals surface area contributed by atoms with Gasteiger partial charge < -0.3 is 14.4 Å². The lowest BCUT2D eigenvalue weighted by atomic mass is 9.91. The molecule has 0 amide bonds. The van der Waals surface area contributed by atoms with Crippen LogP contribution in [0.4, 0.5) is 17.1 Å². The van der Waals surface area contributed by atoms with E-state index in [-0.39, 0.29) is 11.1 Å². The first-order valence-corrected chi connectivity index (χ1v) is 12.3. The third-order valence-corrected chi connectivity index (χ3v) is 5.94. The molecule has 0 N–H and O–H groups in total. The Morgan fingerprint density at radius 3 is 1.89 bits per heavy atom. The summed E-state index contributed by atoms with van der Waals surface area (Å²) >= 11 is 0. The van der Waals surface area contributed by atoms with Crippen LogP contribution in [0, 0.1) is 12.0 Å². The number of carbonyl (C=O) groups is 1. The number of rotatable bonds is 6. The summed E-state index contributed by atoms with van der Waals surface area (Å²) in [5, 5.41) is 0. The number of anilines is 3. The van der Waals surface area contributed by atoms with E-state index in [1.807, 2.05) is 81.5 Å². The van der Waals surface area contributed by atoms with E-state index in [0.717, 1.165) is 22.6 Å².